The van der Waals surface area contributed by atoms with Crippen LogP contribution in [0.4, 0.5) is 17.6 Å². The Morgan fingerprint density at radius 1 is 1.37 bits per heavy atom. The van der Waals surface area contributed by atoms with Crippen molar-refractivity contribution in [2.75, 3.05) is 13.2 Å². The van der Waals surface area contributed by atoms with Crippen LogP contribution in [0.25, 0.3) is 0 Å². The van der Waals surface area contributed by atoms with Gasteiger partial charge in [-0.2, -0.15) is 8.78 Å². The molecule has 0 aliphatic rings. The molecule has 0 bridgehead atoms. The zero-order valence-electron chi connectivity index (χ0n) is 9.83. The Kier molecular flexibility index (Phi) is 6.15. The standard InChI is InChI=1S/C11H13BrF4N2O/c12-8-1-7(3-18-4-8)2-9(17)5-19-6-11(15,16)10(13)14/h1,3-4,9-10H,2,5-6,17H2. The maximum atomic E-state index is 12.5. The second-order valence-electron chi connectivity index (χ2n) is 4.05. The minimum absolute atomic E-state index is 0.227. The maximum Gasteiger partial charge on any atom is 0.330 e. The van der Waals surface area contributed by atoms with Crippen LogP contribution >= 0.6 is 15.9 Å². The van der Waals surface area contributed by atoms with Crippen molar-refractivity contribution in [3.63, 3.8) is 0 Å². The highest BCUT2D eigenvalue weighted by Gasteiger charge is 2.41. The molecule has 1 atom stereocenters. The lowest BCUT2D eigenvalue weighted by Crippen LogP contribution is -2.36. The SMILES string of the molecule is NC(COCC(F)(F)C(F)F)Cc1cncc(Br)c1. The molecule has 0 fully saturated rings. The summed E-state index contributed by atoms with van der Waals surface area (Å²) in [6, 6.07) is 1.21. The molecule has 0 amide bonds. The number of rotatable bonds is 7. The van der Waals surface area contributed by atoms with Crippen molar-refractivity contribution < 1.29 is 22.3 Å². The molecule has 1 rings (SSSR count). The Bertz CT molecular complexity index is 406. The molecule has 1 aromatic heterocycles. The van der Waals surface area contributed by atoms with Crippen LogP contribution in [0.1, 0.15) is 5.56 Å². The van der Waals surface area contributed by atoms with E-state index in [0.29, 0.717) is 6.42 Å². The molecule has 8 heteroatoms. The molecule has 0 aromatic carbocycles. The molecule has 1 heterocycles. The Balaban J connectivity index is 2.34. The molecule has 19 heavy (non-hydrogen) atoms. The molecule has 2 N–H and O–H groups in total. The highest BCUT2D eigenvalue weighted by Crippen LogP contribution is 2.22. The summed E-state index contributed by atoms with van der Waals surface area (Å²) in [7, 11) is 0. The second-order valence-corrected chi connectivity index (χ2v) is 4.97. The van der Waals surface area contributed by atoms with E-state index in [4.69, 9.17) is 5.73 Å². The van der Waals surface area contributed by atoms with E-state index in [0.717, 1.165) is 10.0 Å². The third-order valence-corrected chi connectivity index (χ3v) is 2.64. The van der Waals surface area contributed by atoms with Gasteiger partial charge in [0.25, 0.3) is 0 Å². The van der Waals surface area contributed by atoms with Gasteiger partial charge in [0.2, 0.25) is 0 Å². The molecular formula is C11H13BrF4N2O. The Morgan fingerprint density at radius 3 is 2.63 bits per heavy atom. The molecule has 0 radical (unpaired) electrons. The van der Waals surface area contributed by atoms with Crippen LogP contribution in [0.15, 0.2) is 22.9 Å². The molecule has 0 saturated carbocycles. The van der Waals surface area contributed by atoms with E-state index in [1.165, 1.54) is 0 Å². The molecule has 3 nitrogen and oxygen atoms in total. The lowest BCUT2D eigenvalue weighted by atomic mass is 10.1. The van der Waals surface area contributed by atoms with Gasteiger partial charge in [-0.3, -0.25) is 4.98 Å². The van der Waals surface area contributed by atoms with Gasteiger partial charge in [-0.05, 0) is 34.0 Å². The molecule has 0 spiro atoms. The summed E-state index contributed by atoms with van der Waals surface area (Å²) in [6.07, 6.45) is -0.210. The predicted octanol–water partition coefficient (Wildman–Crippen LogP) is 2.63. The van der Waals surface area contributed by atoms with Gasteiger partial charge in [0.05, 0.1) is 6.61 Å². The fourth-order valence-corrected chi connectivity index (χ4v) is 1.75. The number of hydrogen-bond donors (Lipinski definition) is 1. The van der Waals surface area contributed by atoms with Crippen LogP contribution < -0.4 is 5.73 Å². The van der Waals surface area contributed by atoms with Gasteiger partial charge < -0.3 is 10.5 Å². The van der Waals surface area contributed by atoms with Crippen LogP contribution in [0, 0.1) is 0 Å². The number of halogens is 5. The predicted molar refractivity (Wildman–Crippen MR) is 65.4 cm³/mol. The van der Waals surface area contributed by atoms with Crippen molar-refractivity contribution in [3.05, 3.63) is 28.5 Å². The first-order valence-corrected chi connectivity index (χ1v) is 6.19. The number of hydrogen-bond acceptors (Lipinski definition) is 3. The van der Waals surface area contributed by atoms with E-state index >= 15 is 0 Å². The summed E-state index contributed by atoms with van der Waals surface area (Å²) < 4.78 is 54.1. The molecular weight excluding hydrogens is 332 g/mol. The quantitative estimate of drug-likeness (QED) is 0.773. The normalized spacial score (nSPS) is 13.8. The van der Waals surface area contributed by atoms with E-state index in [-0.39, 0.29) is 6.61 Å². The van der Waals surface area contributed by atoms with Crippen LogP contribution in [-0.4, -0.2) is 36.6 Å². The number of alkyl halides is 4. The van der Waals surface area contributed by atoms with Gasteiger partial charge in [-0.1, -0.05) is 0 Å². The van der Waals surface area contributed by atoms with Gasteiger partial charge in [0.1, 0.15) is 6.61 Å². The van der Waals surface area contributed by atoms with Crippen molar-refractivity contribution in [3.8, 4) is 0 Å². The number of aromatic nitrogens is 1. The van der Waals surface area contributed by atoms with Gasteiger partial charge in [-0.25, -0.2) is 8.78 Å². The van der Waals surface area contributed by atoms with E-state index in [2.05, 4.69) is 25.7 Å². The Hall–Kier alpha value is -0.730. The lowest BCUT2D eigenvalue weighted by Gasteiger charge is -2.17. The van der Waals surface area contributed by atoms with Gasteiger partial charge in [-0.15, -0.1) is 0 Å². The molecule has 0 aliphatic carbocycles. The van der Waals surface area contributed by atoms with Crippen LogP contribution in [-0.2, 0) is 11.2 Å². The molecule has 1 unspecified atom stereocenters. The number of nitrogens with zero attached hydrogens (tertiary/aromatic N) is 1. The highest BCUT2D eigenvalue weighted by atomic mass is 79.9. The molecule has 1 aromatic rings. The first-order valence-electron chi connectivity index (χ1n) is 5.40. The summed E-state index contributed by atoms with van der Waals surface area (Å²) in [5.74, 6) is -4.14. The van der Waals surface area contributed by atoms with Crippen molar-refractivity contribution in [2.45, 2.75) is 24.8 Å². The smallest absolute Gasteiger partial charge is 0.330 e. The van der Waals surface area contributed by atoms with Crippen molar-refractivity contribution in [1.82, 2.24) is 4.98 Å². The van der Waals surface area contributed by atoms with Crippen LogP contribution in [0.3, 0.4) is 0 Å². The zero-order valence-corrected chi connectivity index (χ0v) is 11.4. The average Bonchev–Trinajstić information content (AvgIpc) is 2.28. The maximum absolute atomic E-state index is 12.5. The van der Waals surface area contributed by atoms with E-state index < -0.39 is 25.0 Å². The number of pyridine rings is 1. The summed E-state index contributed by atoms with van der Waals surface area (Å²) >= 11 is 3.23. The minimum Gasteiger partial charge on any atom is -0.373 e. The third-order valence-electron chi connectivity index (χ3n) is 2.21. The Labute approximate surface area is 116 Å². The van der Waals surface area contributed by atoms with E-state index in [1.807, 2.05) is 0 Å². The fourth-order valence-electron chi connectivity index (χ4n) is 1.34. The number of nitrogens with two attached hydrogens (primary N) is 1. The monoisotopic (exact) mass is 344 g/mol. The summed E-state index contributed by atoms with van der Waals surface area (Å²) in [5.41, 5.74) is 6.46. The second kappa shape index (κ2) is 7.16. The summed E-state index contributed by atoms with van der Waals surface area (Å²) in [6.45, 7) is -1.57. The van der Waals surface area contributed by atoms with Crippen molar-refractivity contribution in [1.29, 1.82) is 0 Å². The highest BCUT2D eigenvalue weighted by molar-refractivity contribution is 9.10. The molecule has 0 aliphatic heterocycles. The summed E-state index contributed by atoms with van der Waals surface area (Å²) in [4.78, 5) is 3.92. The van der Waals surface area contributed by atoms with Crippen molar-refractivity contribution >= 4 is 15.9 Å². The fraction of sp³-hybridized carbons (Fsp3) is 0.545. The van der Waals surface area contributed by atoms with Gasteiger partial charge >= 0.3 is 12.3 Å². The van der Waals surface area contributed by atoms with E-state index in [9.17, 15) is 17.6 Å². The first kappa shape index (κ1) is 16.3. The average molecular weight is 345 g/mol. The van der Waals surface area contributed by atoms with Crippen LogP contribution in [0.5, 0.6) is 0 Å². The van der Waals surface area contributed by atoms with Crippen molar-refractivity contribution in [2.24, 2.45) is 5.73 Å². The number of ether oxygens (including phenoxy) is 1. The van der Waals surface area contributed by atoms with Crippen LogP contribution in [0.2, 0.25) is 0 Å². The Morgan fingerprint density at radius 2 is 2.05 bits per heavy atom. The van der Waals surface area contributed by atoms with Gasteiger partial charge in [0.15, 0.2) is 0 Å². The minimum atomic E-state index is -4.14. The lowest BCUT2D eigenvalue weighted by molar-refractivity contribution is -0.166. The topological polar surface area (TPSA) is 48.1 Å². The molecule has 0 saturated heterocycles. The van der Waals surface area contributed by atoms with Gasteiger partial charge in [0, 0.05) is 22.9 Å². The first-order chi connectivity index (χ1) is 8.81. The molecule has 108 valence electrons. The zero-order chi connectivity index (χ0) is 14.5. The largest absolute Gasteiger partial charge is 0.373 e. The summed E-state index contributed by atoms with van der Waals surface area (Å²) in [5, 5.41) is 0. The third kappa shape index (κ3) is 5.84. The van der Waals surface area contributed by atoms with E-state index in [1.54, 1.807) is 18.5 Å².